The lowest BCUT2D eigenvalue weighted by Crippen LogP contribution is -2.36. The van der Waals surface area contributed by atoms with Crippen LogP contribution in [0.15, 0.2) is 18.2 Å². The molecular formula is C18H23ClN2O3. The number of benzene rings is 1. The number of carbonyl (C=O) groups is 1. The molecule has 0 aliphatic heterocycles. The SMILES string of the molecule is COCCN(Cc1cc2ccc(C)c(C)c2nc1Cl)C(=O)COC. The van der Waals surface area contributed by atoms with E-state index in [1.807, 2.05) is 26.0 Å². The average Bonchev–Trinajstić information content (AvgIpc) is 2.56. The van der Waals surface area contributed by atoms with E-state index in [9.17, 15) is 4.79 Å². The molecule has 0 saturated carbocycles. The minimum atomic E-state index is -0.106. The Hall–Kier alpha value is -1.69. The topological polar surface area (TPSA) is 51.7 Å². The van der Waals surface area contributed by atoms with E-state index in [4.69, 9.17) is 21.1 Å². The second-order valence-electron chi connectivity index (χ2n) is 5.76. The molecule has 5 nitrogen and oxygen atoms in total. The number of rotatable bonds is 7. The molecule has 0 spiro atoms. The number of halogens is 1. The third kappa shape index (κ3) is 4.23. The number of ether oxygens (including phenoxy) is 2. The van der Waals surface area contributed by atoms with Crippen LogP contribution in [0.2, 0.25) is 5.15 Å². The number of hydrogen-bond acceptors (Lipinski definition) is 4. The van der Waals surface area contributed by atoms with Crippen molar-refractivity contribution in [2.24, 2.45) is 0 Å². The van der Waals surface area contributed by atoms with Crippen molar-refractivity contribution in [1.82, 2.24) is 9.88 Å². The lowest BCUT2D eigenvalue weighted by molar-refractivity contribution is -0.136. The maximum atomic E-state index is 12.2. The van der Waals surface area contributed by atoms with Gasteiger partial charge in [0.15, 0.2) is 0 Å². The number of nitrogens with zero attached hydrogens (tertiary/aromatic N) is 2. The molecular weight excluding hydrogens is 328 g/mol. The zero-order valence-corrected chi connectivity index (χ0v) is 15.3. The van der Waals surface area contributed by atoms with Gasteiger partial charge in [-0.3, -0.25) is 4.79 Å². The second-order valence-corrected chi connectivity index (χ2v) is 6.12. The van der Waals surface area contributed by atoms with E-state index in [0.29, 0.717) is 24.8 Å². The first kappa shape index (κ1) is 18.6. The molecule has 1 amide bonds. The number of methoxy groups -OCH3 is 2. The Morgan fingerprint density at radius 1 is 1.25 bits per heavy atom. The Kier molecular flexibility index (Phi) is 6.54. The number of pyridine rings is 1. The summed E-state index contributed by atoms with van der Waals surface area (Å²) in [6.07, 6.45) is 0. The lowest BCUT2D eigenvalue weighted by atomic mass is 10.0. The van der Waals surface area contributed by atoms with Gasteiger partial charge in [-0.2, -0.15) is 0 Å². The van der Waals surface area contributed by atoms with Crippen LogP contribution in [-0.2, 0) is 20.8 Å². The summed E-state index contributed by atoms with van der Waals surface area (Å²) in [5.41, 5.74) is 4.01. The van der Waals surface area contributed by atoms with Gasteiger partial charge in [-0.25, -0.2) is 4.98 Å². The zero-order chi connectivity index (χ0) is 17.7. The third-order valence-corrected chi connectivity index (χ3v) is 4.41. The highest BCUT2D eigenvalue weighted by atomic mass is 35.5. The van der Waals surface area contributed by atoms with E-state index in [2.05, 4.69) is 11.1 Å². The second kappa shape index (κ2) is 8.42. The maximum Gasteiger partial charge on any atom is 0.248 e. The summed E-state index contributed by atoms with van der Waals surface area (Å²) in [5.74, 6) is -0.106. The molecule has 0 aliphatic rings. The number of fused-ring (bicyclic) bond motifs is 1. The van der Waals surface area contributed by atoms with Crippen LogP contribution < -0.4 is 0 Å². The van der Waals surface area contributed by atoms with Gasteiger partial charge in [0, 0.05) is 38.3 Å². The van der Waals surface area contributed by atoms with Crippen LogP contribution in [0, 0.1) is 13.8 Å². The normalized spacial score (nSPS) is 11.0. The van der Waals surface area contributed by atoms with Crippen molar-refractivity contribution < 1.29 is 14.3 Å². The minimum absolute atomic E-state index is 0.0284. The number of amides is 1. The highest BCUT2D eigenvalue weighted by Gasteiger charge is 2.16. The van der Waals surface area contributed by atoms with Crippen molar-refractivity contribution in [3.63, 3.8) is 0 Å². The van der Waals surface area contributed by atoms with E-state index in [1.165, 1.54) is 12.7 Å². The summed E-state index contributed by atoms with van der Waals surface area (Å²) < 4.78 is 10.0. The summed E-state index contributed by atoms with van der Waals surface area (Å²) in [6, 6.07) is 6.09. The fourth-order valence-electron chi connectivity index (χ4n) is 2.53. The highest BCUT2D eigenvalue weighted by molar-refractivity contribution is 6.30. The molecule has 24 heavy (non-hydrogen) atoms. The largest absolute Gasteiger partial charge is 0.383 e. The molecule has 0 fully saturated rings. The van der Waals surface area contributed by atoms with E-state index >= 15 is 0 Å². The average molecular weight is 351 g/mol. The van der Waals surface area contributed by atoms with Gasteiger partial charge >= 0.3 is 0 Å². The van der Waals surface area contributed by atoms with Gasteiger partial charge < -0.3 is 14.4 Å². The van der Waals surface area contributed by atoms with Crippen molar-refractivity contribution in [2.45, 2.75) is 20.4 Å². The molecule has 6 heteroatoms. The third-order valence-electron chi connectivity index (χ3n) is 4.08. The Labute approximate surface area is 147 Å². The van der Waals surface area contributed by atoms with Crippen molar-refractivity contribution in [2.75, 3.05) is 34.0 Å². The van der Waals surface area contributed by atoms with Crippen molar-refractivity contribution in [3.8, 4) is 0 Å². The first-order valence-electron chi connectivity index (χ1n) is 7.79. The first-order valence-corrected chi connectivity index (χ1v) is 8.16. The standard InChI is InChI=1S/C18H23ClN2O3/c1-12-5-6-14-9-15(18(19)20-17(14)13(12)2)10-21(7-8-23-3)16(22)11-24-4/h5-6,9H,7-8,10-11H2,1-4H3. The first-order chi connectivity index (χ1) is 11.5. The van der Waals surface area contributed by atoms with E-state index in [1.54, 1.807) is 12.0 Å². The zero-order valence-electron chi connectivity index (χ0n) is 14.6. The van der Waals surface area contributed by atoms with E-state index < -0.39 is 0 Å². The molecule has 0 aliphatic carbocycles. The Balaban J connectivity index is 2.33. The summed E-state index contributed by atoms with van der Waals surface area (Å²) >= 11 is 6.38. The molecule has 0 atom stereocenters. The van der Waals surface area contributed by atoms with Gasteiger partial charge in [0.2, 0.25) is 5.91 Å². The summed E-state index contributed by atoms with van der Waals surface area (Å²) in [4.78, 5) is 18.4. The monoisotopic (exact) mass is 350 g/mol. The lowest BCUT2D eigenvalue weighted by Gasteiger charge is -2.23. The molecule has 1 aromatic heterocycles. The fraction of sp³-hybridized carbons (Fsp3) is 0.444. The van der Waals surface area contributed by atoms with Crippen LogP contribution in [0.3, 0.4) is 0 Å². The Morgan fingerprint density at radius 3 is 2.67 bits per heavy atom. The molecule has 1 aromatic carbocycles. The molecule has 0 bridgehead atoms. The molecule has 130 valence electrons. The molecule has 0 radical (unpaired) electrons. The summed E-state index contributed by atoms with van der Waals surface area (Å²) in [7, 11) is 3.11. The smallest absolute Gasteiger partial charge is 0.248 e. The van der Waals surface area contributed by atoms with Crippen LogP contribution in [0.5, 0.6) is 0 Å². The number of hydrogen-bond donors (Lipinski definition) is 0. The maximum absolute atomic E-state index is 12.2. The number of aromatic nitrogens is 1. The van der Waals surface area contributed by atoms with Gasteiger partial charge in [-0.1, -0.05) is 23.7 Å². The molecule has 2 rings (SSSR count). The molecule has 0 unspecified atom stereocenters. The predicted molar refractivity (Wildman–Crippen MR) is 95.4 cm³/mol. The minimum Gasteiger partial charge on any atom is -0.383 e. The van der Waals surface area contributed by atoms with Gasteiger partial charge in [0.25, 0.3) is 0 Å². The van der Waals surface area contributed by atoms with Crippen LogP contribution >= 0.6 is 11.6 Å². The molecule has 2 aromatic rings. The highest BCUT2D eigenvalue weighted by Crippen LogP contribution is 2.25. The van der Waals surface area contributed by atoms with Gasteiger partial charge in [0.05, 0.1) is 12.1 Å². The quantitative estimate of drug-likeness (QED) is 0.720. The summed E-state index contributed by atoms with van der Waals surface area (Å²) in [5, 5.41) is 1.44. The number of aryl methyl sites for hydroxylation is 2. The number of carbonyl (C=O) groups excluding carboxylic acids is 1. The van der Waals surface area contributed by atoms with Gasteiger partial charge in [0.1, 0.15) is 11.8 Å². The van der Waals surface area contributed by atoms with Crippen LogP contribution in [0.1, 0.15) is 16.7 Å². The van der Waals surface area contributed by atoms with E-state index in [0.717, 1.165) is 22.0 Å². The Morgan fingerprint density at radius 2 is 2.00 bits per heavy atom. The molecule has 0 N–H and O–H groups in total. The van der Waals surface area contributed by atoms with Crippen molar-refractivity contribution >= 4 is 28.4 Å². The van der Waals surface area contributed by atoms with Crippen LogP contribution in [0.4, 0.5) is 0 Å². The predicted octanol–water partition coefficient (Wildman–Crippen LogP) is 3.13. The van der Waals surface area contributed by atoms with Crippen molar-refractivity contribution in [1.29, 1.82) is 0 Å². The summed E-state index contributed by atoms with van der Waals surface area (Å²) in [6.45, 7) is 5.41. The van der Waals surface area contributed by atoms with Gasteiger partial charge in [-0.15, -0.1) is 0 Å². The van der Waals surface area contributed by atoms with Crippen molar-refractivity contribution in [3.05, 3.63) is 40.0 Å². The fourth-order valence-corrected chi connectivity index (χ4v) is 2.73. The Bertz CT molecular complexity index is 734. The van der Waals surface area contributed by atoms with Crippen LogP contribution in [0.25, 0.3) is 10.9 Å². The van der Waals surface area contributed by atoms with Gasteiger partial charge in [-0.05, 0) is 31.0 Å². The molecule has 1 heterocycles. The van der Waals surface area contributed by atoms with Crippen LogP contribution in [-0.4, -0.2) is 49.8 Å². The molecule has 0 saturated heterocycles. The van der Waals surface area contributed by atoms with E-state index in [-0.39, 0.29) is 12.5 Å².